The second kappa shape index (κ2) is 10.6. The lowest BCUT2D eigenvalue weighted by atomic mass is 9.65. The lowest BCUT2D eigenvalue weighted by Crippen LogP contribution is -2.34. The predicted molar refractivity (Wildman–Crippen MR) is 123 cm³/mol. The Kier molecular flexibility index (Phi) is 7.85. The SMILES string of the molecule is C/C=C/COC1CCC2CC(c3c(F)cc4c(c3F)CCC(CCCC)C4)CCC2C1. The molecule has 3 heteroatoms. The molecule has 5 atom stereocenters. The molecular weight excluding hydrogens is 390 g/mol. The molecule has 2 fully saturated rings. The fraction of sp³-hybridized carbons (Fsp3) is 0.714. The molecular formula is C28H40F2O. The summed E-state index contributed by atoms with van der Waals surface area (Å²) in [4.78, 5) is 0. The van der Waals surface area contributed by atoms with Crippen LogP contribution in [0, 0.1) is 29.4 Å². The fourth-order valence-electron chi connectivity index (χ4n) is 6.60. The number of unbranched alkanes of at least 4 members (excludes halogenated alkanes) is 1. The highest BCUT2D eigenvalue weighted by atomic mass is 19.1. The van der Waals surface area contributed by atoms with Gasteiger partial charge in [0.25, 0.3) is 0 Å². The smallest absolute Gasteiger partial charge is 0.133 e. The van der Waals surface area contributed by atoms with Crippen molar-refractivity contribution in [2.75, 3.05) is 6.61 Å². The van der Waals surface area contributed by atoms with Crippen LogP contribution in [0.3, 0.4) is 0 Å². The molecule has 0 saturated heterocycles. The summed E-state index contributed by atoms with van der Waals surface area (Å²) < 4.78 is 36.8. The summed E-state index contributed by atoms with van der Waals surface area (Å²) in [5.41, 5.74) is 2.18. The Morgan fingerprint density at radius 2 is 1.87 bits per heavy atom. The molecule has 0 amide bonds. The van der Waals surface area contributed by atoms with Crippen molar-refractivity contribution >= 4 is 0 Å². The van der Waals surface area contributed by atoms with Crippen molar-refractivity contribution in [3.63, 3.8) is 0 Å². The first kappa shape index (κ1) is 23.0. The van der Waals surface area contributed by atoms with Gasteiger partial charge in [-0.15, -0.1) is 0 Å². The molecule has 1 aromatic rings. The van der Waals surface area contributed by atoms with Crippen molar-refractivity contribution in [1.29, 1.82) is 0 Å². The quantitative estimate of drug-likeness (QED) is 0.399. The Balaban J connectivity index is 1.42. The average molecular weight is 431 g/mol. The third kappa shape index (κ3) is 5.24. The number of allylic oxidation sites excluding steroid dienone is 1. The standard InChI is InChI=1S/C28H40F2O/c1-3-5-7-19-8-13-25-23(15-19)18-26(29)27(28(25)30)22-10-9-21-17-24(31-14-6-4-2)12-11-20(21)16-22/h4,6,18-22,24H,3,5,7-17H2,1-2H3/b6-4+. The summed E-state index contributed by atoms with van der Waals surface area (Å²) in [5, 5.41) is 0. The largest absolute Gasteiger partial charge is 0.374 e. The molecule has 0 radical (unpaired) electrons. The normalized spacial score (nSPS) is 30.9. The Morgan fingerprint density at radius 3 is 2.68 bits per heavy atom. The van der Waals surface area contributed by atoms with E-state index in [1.165, 1.54) is 19.3 Å². The van der Waals surface area contributed by atoms with E-state index in [0.717, 1.165) is 68.9 Å². The summed E-state index contributed by atoms with van der Waals surface area (Å²) in [6.07, 6.45) is 17.0. The molecule has 0 aliphatic heterocycles. The van der Waals surface area contributed by atoms with Crippen molar-refractivity contribution in [3.05, 3.63) is 46.5 Å². The molecule has 0 aromatic heterocycles. The van der Waals surface area contributed by atoms with E-state index >= 15 is 8.78 Å². The third-order valence-corrected chi connectivity index (χ3v) is 8.36. The van der Waals surface area contributed by atoms with E-state index in [0.29, 0.717) is 36.0 Å². The van der Waals surface area contributed by atoms with Crippen LogP contribution in [-0.4, -0.2) is 12.7 Å². The number of hydrogen-bond acceptors (Lipinski definition) is 1. The molecule has 3 aliphatic carbocycles. The first-order valence-corrected chi connectivity index (χ1v) is 12.8. The Morgan fingerprint density at radius 1 is 1.06 bits per heavy atom. The van der Waals surface area contributed by atoms with Gasteiger partial charge in [-0.05, 0) is 106 Å². The predicted octanol–water partition coefficient (Wildman–Crippen LogP) is 7.91. The Bertz CT molecular complexity index is 771. The van der Waals surface area contributed by atoms with Gasteiger partial charge in [0, 0.05) is 5.56 Å². The number of rotatable bonds is 7. The molecule has 3 aliphatic rings. The van der Waals surface area contributed by atoms with Crippen LogP contribution >= 0.6 is 0 Å². The van der Waals surface area contributed by atoms with E-state index in [2.05, 4.69) is 13.0 Å². The van der Waals surface area contributed by atoms with Crippen LogP contribution in [0.1, 0.15) is 101 Å². The van der Waals surface area contributed by atoms with Gasteiger partial charge in [-0.1, -0.05) is 38.3 Å². The summed E-state index contributed by atoms with van der Waals surface area (Å²) >= 11 is 0. The first-order valence-electron chi connectivity index (χ1n) is 12.8. The van der Waals surface area contributed by atoms with Crippen LogP contribution in [0.4, 0.5) is 8.78 Å². The molecule has 0 spiro atoms. The van der Waals surface area contributed by atoms with Gasteiger partial charge in [-0.3, -0.25) is 0 Å². The van der Waals surface area contributed by atoms with E-state index in [1.807, 2.05) is 13.0 Å². The zero-order chi connectivity index (χ0) is 21.8. The van der Waals surface area contributed by atoms with Gasteiger partial charge in [-0.25, -0.2) is 8.78 Å². The van der Waals surface area contributed by atoms with Gasteiger partial charge >= 0.3 is 0 Å². The highest BCUT2D eigenvalue weighted by Crippen LogP contribution is 2.48. The van der Waals surface area contributed by atoms with Crippen molar-refractivity contribution in [2.24, 2.45) is 17.8 Å². The first-order chi connectivity index (χ1) is 15.1. The van der Waals surface area contributed by atoms with E-state index in [-0.39, 0.29) is 17.6 Å². The zero-order valence-electron chi connectivity index (χ0n) is 19.5. The van der Waals surface area contributed by atoms with Gasteiger partial charge < -0.3 is 4.74 Å². The minimum Gasteiger partial charge on any atom is -0.374 e. The maximum atomic E-state index is 15.6. The molecule has 2 saturated carbocycles. The fourth-order valence-corrected chi connectivity index (χ4v) is 6.60. The number of hydrogen-bond donors (Lipinski definition) is 0. The van der Waals surface area contributed by atoms with Gasteiger partial charge in [0.05, 0.1) is 12.7 Å². The van der Waals surface area contributed by atoms with E-state index in [4.69, 9.17) is 4.74 Å². The van der Waals surface area contributed by atoms with E-state index in [1.54, 1.807) is 6.07 Å². The zero-order valence-corrected chi connectivity index (χ0v) is 19.5. The topological polar surface area (TPSA) is 9.23 Å². The molecule has 0 bridgehead atoms. The third-order valence-electron chi connectivity index (χ3n) is 8.36. The van der Waals surface area contributed by atoms with Crippen LogP contribution in [0.5, 0.6) is 0 Å². The lowest BCUT2D eigenvalue weighted by molar-refractivity contribution is -0.00351. The van der Waals surface area contributed by atoms with Gasteiger partial charge in [0.15, 0.2) is 0 Å². The maximum absolute atomic E-state index is 15.6. The van der Waals surface area contributed by atoms with Crippen LogP contribution in [-0.2, 0) is 17.6 Å². The molecule has 1 aromatic carbocycles. The number of fused-ring (bicyclic) bond motifs is 2. The second-order valence-corrected chi connectivity index (χ2v) is 10.3. The van der Waals surface area contributed by atoms with Crippen molar-refractivity contribution in [1.82, 2.24) is 0 Å². The Hall–Kier alpha value is -1.22. The van der Waals surface area contributed by atoms with Crippen molar-refractivity contribution in [3.8, 4) is 0 Å². The minimum atomic E-state index is -0.279. The van der Waals surface area contributed by atoms with Crippen LogP contribution in [0.2, 0.25) is 0 Å². The molecule has 5 unspecified atom stereocenters. The summed E-state index contributed by atoms with van der Waals surface area (Å²) in [6, 6.07) is 1.70. The molecule has 4 rings (SSSR count). The van der Waals surface area contributed by atoms with Crippen LogP contribution < -0.4 is 0 Å². The summed E-state index contributed by atoms with van der Waals surface area (Å²) in [5.74, 6) is 1.41. The molecule has 31 heavy (non-hydrogen) atoms. The van der Waals surface area contributed by atoms with Crippen LogP contribution in [0.25, 0.3) is 0 Å². The highest BCUT2D eigenvalue weighted by Gasteiger charge is 2.38. The number of halogens is 2. The van der Waals surface area contributed by atoms with Crippen molar-refractivity contribution < 1.29 is 13.5 Å². The summed E-state index contributed by atoms with van der Waals surface area (Å²) in [7, 11) is 0. The average Bonchev–Trinajstić information content (AvgIpc) is 2.77. The summed E-state index contributed by atoms with van der Waals surface area (Å²) in [6.45, 7) is 4.93. The Labute approximate surface area is 187 Å². The minimum absolute atomic E-state index is 0.0462. The second-order valence-electron chi connectivity index (χ2n) is 10.3. The molecule has 0 heterocycles. The van der Waals surface area contributed by atoms with E-state index < -0.39 is 0 Å². The highest BCUT2D eigenvalue weighted by molar-refractivity contribution is 5.39. The molecule has 172 valence electrons. The molecule has 1 nitrogen and oxygen atoms in total. The van der Waals surface area contributed by atoms with Gasteiger partial charge in [0.1, 0.15) is 11.6 Å². The lowest BCUT2D eigenvalue weighted by Gasteiger charge is -2.42. The van der Waals surface area contributed by atoms with Gasteiger partial charge in [0.2, 0.25) is 0 Å². The van der Waals surface area contributed by atoms with Gasteiger partial charge in [-0.2, -0.15) is 0 Å². The monoisotopic (exact) mass is 430 g/mol. The van der Waals surface area contributed by atoms with Crippen LogP contribution in [0.15, 0.2) is 18.2 Å². The number of ether oxygens (including phenoxy) is 1. The van der Waals surface area contributed by atoms with Crippen molar-refractivity contribution in [2.45, 2.75) is 103 Å². The van der Waals surface area contributed by atoms with E-state index in [9.17, 15) is 0 Å². The number of benzene rings is 1. The molecule has 0 N–H and O–H groups in total. The maximum Gasteiger partial charge on any atom is 0.133 e.